The second-order valence-corrected chi connectivity index (χ2v) is 7.03. The summed E-state index contributed by atoms with van der Waals surface area (Å²) in [6.45, 7) is 4.11. The minimum Gasteiger partial charge on any atom is -0.354 e. The van der Waals surface area contributed by atoms with Crippen LogP contribution in [0, 0.1) is 11.7 Å². The molecular weight excluding hydrogens is 321 g/mol. The first-order chi connectivity index (χ1) is 11.9. The maximum atomic E-state index is 13.4. The number of hydrogen-bond acceptors (Lipinski definition) is 3. The molecule has 1 atom stereocenters. The summed E-state index contributed by atoms with van der Waals surface area (Å²) in [5.41, 5.74) is 0.596. The molecular formula is C19H28FN3O2. The fourth-order valence-electron chi connectivity index (χ4n) is 3.17. The van der Waals surface area contributed by atoms with E-state index in [4.69, 9.17) is 0 Å². The van der Waals surface area contributed by atoms with Gasteiger partial charge >= 0.3 is 0 Å². The van der Waals surface area contributed by atoms with Crippen molar-refractivity contribution >= 4 is 11.8 Å². The first-order valence-corrected chi connectivity index (χ1v) is 8.86. The van der Waals surface area contributed by atoms with Crippen LogP contribution in [0.4, 0.5) is 4.39 Å². The van der Waals surface area contributed by atoms with Gasteiger partial charge in [-0.05, 0) is 50.6 Å². The molecule has 0 aliphatic carbocycles. The Kier molecular flexibility index (Phi) is 6.93. The zero-order valence-corrected chi connectivity index (χ0v) is 15.3. The minimum absolute atomic E-state index is 0.0827. The number of rotatable bonds is 6. The number of halogens is 1. The van der Waals surface area contributed by atoms with Gasteiger partial charge in [-0.1, -0.05) is 19.1 Å². The van der Waals surface area contributed by atoms with E-state index in [9.17, 15) is 14.0 Å². The molecule has 1 N–H and O–H groups in total. The van der Waals surface area contributed by atoms with Crippen molar-refractivity contribution in [2.75, 3.05) is 33.7 Å². The van der Waals surface area contributed by atoms with Crippen LogP contribution in [0.25, 0.3) is 0 Å². The topological polar surface area (TPSA) is 52.7 Å². The smallest absolute Gasteiger partial charge is 0.241 e. The second-order valence-electron chi connectivity index (χ2n) is 7.03. The van der Waals surface area contributed by atoms with Crippen molar-refractivity contribution in [1.29, 1.82) is 0 Å². The standard InChI is InChI=1S/C19H28FN3O2/c1-14-8-11-23(12-9-14)17(24)7-10-21-19(25)18(22(2)3)15-5-4-6-16(20)13-15/h4-6,13-14,18H,7-12H2,1-3H3,(H,21,25)/t18-/m0/s1. The number of benzene rings is 1. The molecule has 1 saturated heterocycles. The quantitative estimate of drug-likeness (QED) is 0.857. The lowest BCUT2D eigenvalue weighted by molar-refractivity contribution is -0.132. The predicted octanol–water partition coefficient (Wildman–Crippen LogP) is 2.19. The average molecular weight is 349 g/mol. The molecule has 0 unspecified atom stereocenters. The molecule has 25 heavy (non-hydrogen) atoms. The maximum Gasteiger partial charge on any atom is 0.241 e. The Hall–Kier alpha value is -1.95. The summed E-state index contributed by atoms with van der Waals surface area (Å²) in [6, 6.07) is 5.46. The van der Waals surface area contributed by atoms with Crippen LogP contribution in [0.1, 0.15) is 37.8 Å². The van der Waals surface area contributed by atoms with Crippen LogP contribution in [-0.2, 0) is 9.59 Å². The summed E-state index contributed by atoms with van der Waals surface area (Å²) in [5.74, 6) is 0.164. The zero-order valence-electron chi connectivity index (χ0n) is 15.3. The molecule has 1 aromatic rings. The van der Waals surface area contributed by atoms with Gasteiger partial charge < -0.3 is 10.2 Å². The number of piperidine rings is 1. The number of hydrogen-bond donors (Lipinski definition) is 1. The fourth-order valence-corrected chi connectivity index (χ4v) is 3.17. The number of carbonyl (C=O) groups excluding carboxylic acids is 2. The van der Waals surface area contributed by atoms with Crippen LogP contribution >= 0.6 is 0 Å². The highest BCUT2D eigenvalue weighted by Crippen LogP contribution is 2.19. The van der Waals surface area contributed by atoms with Gasteiger partial charge in [-0.2, -0.15) is 0 Å². The summed E-state index contributed by atoms with van der Waals surface area (Å²) < 4.78 is 13.4. The largest absolute Gasteiger partial charge is 0.354 e. The van der Waals surface area contributed by atoms with Crippen molar-refractivity contribution in [1.82, 2.24) is 15.1 Å². The molecule has 2 rings (SSSR count). The van der Waals surface area contributed by atoms with Crippen molar-refractivity contribution in [2.24, 2.45) is 5.92 Å². The Morgan fingerprint density at radius 1 is 1.32 bits per heavy atom. The molecule has 1 aromatic carbocycles. The number of carbonyl (C=O) groups is 2. The highest BCUT2D eigenvalue weighted by atomic mass is 19.1. The van der Waals surface area contributed by atoms with Crippen molar-refractivity contribution < 1.29 is 14.0 Å². The summed E-state index contributed by atoms with van der Waals surface area (Å²) in [7, 11) is 3.55. The van der Waals surface area contributed by atoms with E-state index in [1.54, 1.807) is 31.1 Å². The molecule has 138 valence electrons. The third-order valence-electron chi connectivity index (χ3n) is 4.70. The van der Waals surface area contributed by atoms with Crippen molar-refractivity contribution in [3.63, 3.8) is 0 Å². The Balaban J connectivity index is 1.86. The molecule has 1 aliphatic heterocycles. The van der Waals surface area contributed by atoms with E-state index in [1.165, 1.54) is 12.1 Å². The number of nitrogens with one attached hydrogen (secondary N) is 1. The van der Waals surface area contributed by atoms with Gasteiger partial charge in [-0.3, -0.25) is 14.5 Å². The number of nitrogens with zero attached hydrogens (tertiary/aromatic N) is 2. The molecule has 0 bridgehead atoms. The van der Waals surface area contributed by atoms with Crippen molar-refractivity contribution in [3.8, 4) is 0 Å². The average Bonchev–Trinajstić information content (AvgIpc) is 2.55. The summed E-state index contributed by atoms with van der Waals surface area (Å²) in [5, 5.41) is 2.81. The van der Waals surface area contributed by atoms with E-state index in [0.717, 1.165) is 25.9 Å². The van der Waals surface area contributed by atoms with Crippen LogP contribution in [0.15, 0.2) is 24.3 Å². The maximum absolute atomic E-state index is 13.4. The van der Waals surface area contributed by atoms with Crippen LogP contribution < -0.4 is 5.32 Å². The Morgan fingerprint density at radius 3 is 2.60 bits per heavy atom. The van der Waals surface area contributed by atoms with Gasteiger partial charge in [0.15, 0.2) is 0 Å². The van der Waals surface area contributed by atoms with Gasteiger partial charge in [0.2, 0.25) is 11.8 Å². The molecule has 5 nitrogen and oxygen atoms in total. The van der Waals surface area contributed by atoms with Gasteiger partial charge in [0.05, 0.1) is 0 Å². The Labute approximate surface area is 149 Å². The summed E-state index contributed by atoms with van der Waals surface area (Å²) in [6.07, 6.45) is 2.38. The van der Waals surface area contributed by atoms with Gasteiger partial charge in [0, 0.05) is 26.1 Å². The molecule has 1 aliphatic rings. The third kappa shape index (κ3) is 5.53. The summed E-state index contributed by atoms with van der Waals surface area (Å²) >= 11 is 0. The van der Waals surface area contributed by atoms with E-state index in [-0.39, 0.29) is 17.6 Å². The van der Waals surface area contributed by atoms with Crippen LogP contribution in [0.5, 0.6) is 0 Å². The van der Waals surface area contributed by atoms with Crippen molar-refractivity contribution in [2.45, 2.75) is 32.2 Å². The van der Waals surface area contributed by atoms with E-state index in [2.05, 4.69) is 12.2 Å². The Bertz CT molecular complexity index is 598. The lowest BCUT2D eigenvalue weighted by Gasteiger charge is -2.30. The van der Waals surface area contributed by atoms with E-state index < -0.39 is 6.04 Å². The second kappa shape index (κ2) is 8.94. The highest BCUT2D eigenvalue weighted by molar-refractivity contribution is 5.84. The van der Waals surface area contributed by atoms with Crippen molar-refractivity contribution in [3.05, 3.63) is 35.6 Å². The van der Waals surface area contributed by atoms with Gasteiger partial charge in [-0.25, -0.2) is 4.39 Å². The fraction of sp³-hybridized carbons (Fsp3) is 0.579. The molecule has 1 fully saturated rings. The molecule has 0 spiro atoms. The zero-order chi connectivity index (χ0) is 18.4. The molecule has 1 heterocycles. The lowest BCUT2D eigenvalue weighted by atomic mass is 9.99. The molecule has 6 heteroatoms. The van der Waals surface area contributed by atoms with E-state index in [1.807, 2.05) is 4.90 Å². The first kappa shape index (κ1) is 19.4. The Morgan fingerprint density at radius 2 is 2.00 bits per heavy atom. The van der Waals surface area contributed by atoms with Gasteiger partial charge in [0.1, 0.15) is 11.9 Å². The first-order valence-electron chi connectivity index (χ1n) is 8.86. The SMILES string of the molecule is CC1CCN(C(=O)CCNC(=O)[C@H](c2cccc(F)c2)N(C)C)CC1. The number of likely N-dealkylation sites (N-methyl/N-ethyl adjacent to an activating group) is 1. The lowest BCUT2D eigenvalue weighted by Crippen LogP contribution is -2.41. The number of amides is 2. The van der Waals surface area contributed by atoms with E-state index >= 15 is 0 Å². The molecule has 0 saturated carbocycles. The van der Waals surface area contributed by atoms with Gasteiger partial charge in [-0.15, -0.1) is 0 Å². The molecule has 2 amide bonds. The van der Waals surface area contributed by atoms with E-state index in [0.29, 0.717) is 24.4 Å². The molecule has 0 radical (unpaired) electrons. The molecule has 0 aromatic heterocycles. The number of likely N-dealkylation sites (tertiary alicyclic amines) is 1. The predicted molar refractivity (Wildman–Crippen MR) is 95.4 cm³/mol. The minimum atomic E-state index is -0.582. The normalized spacial score (nSPS) is 16.8. The van der Waals surface area contributed by atoms with Crippen LogP contribution in [0.3, 0.4) is 0 Å². The highest BCUT2D eigenvalue weighted by Gasteiger charge is 2.24. The van der Waals surface area contributed by atoms with Crippen LogP contribution in [0.2, 0.25) is 0 Å². The van der Waals surface area contributed by atoms with Gasteiger partial charge in [0.25, 0.3) is 0 Å². The monoisotopic (exact) mass is 349 g/mol. The van der Waals surface area contributed by atoms with Crippen LogP contribution in [-0.4, -0.2) is 55.3 Å². The summed E-state index contributed by atoms with van der Waals surface area (Å²) in [4.78, 5) is 28.3. The third-order valence-corrected chi connectivity index (χ3v) is 4.70.